The molecule has 0 radical (unpaired) electrons. The first-order valence-corrected chi connectivity index (χ1v) is 4.45. The lowest BCUT2D eigenvalue weighted by molar-refractivity contribution is -0.163. The van der Waals surface area contributed by atoms with Gasteiger partial charge in [-0.3, -0.25) is 0 Å². The van der Waals surface area contributed by atoms with Gasteiger partial charge in [0.25, 0.3) is 0 Å². The van der Waals surface area contributed by atoms with Crippen LogP contribution >= 0.6 is 0 Å². The fourth-order valence-electron chi connectivity index (χ4n) is 0.946. The van der Waals surface area contributed by atoms with E-state index in [4.69, 9.17) is 9.47 Å². The highest BCUT2D eigenvalue weighted by atomic mass is 16.7. The molecule has 0 saturated carbocycles. The molecule has 0 aromatic heterocycles. The third-order valence-corrected chi connectivity index (χ3v) is 1.37. The normalized spacial score (nSPS) is 12.5. The molecule has 0 aromatic rings. The minimum absolute atomic E-state index is 0.278. The molecule has 0 saturated heterocycles. The maximum Gasteiger partial charge on any atom is 0.160 e. The zero-order valence-electron chi connectivity index (χ0n) is 8.46. The van der Waals surface area contributed by atoms with Gasteiger partial charge >= 0.3 is 0 Å². The van der Waals surface area contributed by atoms with Crippen molar-refractivity contribution < 1.29 is 14.6 Å². The Morgan fingerprint density at radius 1 is 1.17 bits per heavy atom. The standard InChI is InChI=1S/C9H20O3/c1-5-11-8(12-6-2)7-9(3,4)10/h8,10H,5-7H2,1-4H3. The minimum atomic E-state index is -0.727. The van der Waals surface area contributed by atoms with Gasteiger partial charge in [-0.2, -0.15) is 0 Å². The van der Waals surface area contributed by atoms with Crippen LogP contribution in [0.5, 0.6) is 0 Å². The second-order valence-electron chi connectivity index (χ2n) is 3.36. The first kappa shape index (κ1) is 11.9. The van der Waals surface area contributed by atoms with Crippen molar-refractivity contribution in [2.24, 2.45) is 0 Å². The topological polar surface area (TPSA) is 38.7 Å². The Bertz CT molecular complexity index is 101. The van der Waals surface area contributed by atoms with E-state index in [1.807, 2.05) is 13.8 Å². The molecule has 0 heterocycles. The van der Waals surface area contributed by atoms with E-state index in [-0.39, 0.29) is 6.29 Å². The van der Waals surface area contributed by atoms with Crippen LogP contribution in [0.1, 0.15) is 34.1 Å². The predicted molar refractivity (Wildman–Crippen MR) is 48.0 cm³/mol. The summed E-state index contributed by atoms with van der Waals surface area (Å²) in [7, 11) is 0. The summed E-state index contributed by atoms with van der Waals surface area (Å²) in [6.07, 6.45) is 0.231. The highest BCUT2D eigenvalue weighted by molar-refractivity contribution is 4.66. The zero-order valence-corrected chi connectivity index (χ0v) is 8.46. The van der Waals surface area contributed by atoms with Crippen molar-refractivity contribution in [1.82, 2.24) is 0 Å². The summed E-state index contributed by atoms with van der Waals surface area (Å²) in [5, 5.41) is 9.48. The zero-order chi connectivity index (χ0) is 9.61. The van der Waals surface area contributed by atoms with Gasteiger partial charge in [0.05, 0.1) is 5.60 Å². The monoisotopic (exact) mass is 176 g/mol. The summed E-state index contributed by atoms with van der Waals surface area (Å²) in [5.74, 6) is 0. The van der Waals surface area contributed by atoms with Gasteiger partial charge in [-0.05, 0) is 27.7 Å². The van der Waals surface area contributed by atoms with Crippen molar-refractivity contribution in [3.8, 4) is 0 Å². The summed E-state index contributed by atoms with van der Waals surface area (Å²) in [5.41, 5.74) is -0.727. The van der Waals surface area contributed by atoms with Gasteiger partial charge in [-0.15, -0.1) is 0 Å². The van der Waals surface area contributed by atoms with Crippen LogP contribution in [0, 0.1) is 0 Å². The molecule has 0 aliphatic carbocycles. The number of hydrogen-bond acceptors (Lipinski definition) is 3. The number of aliphatic hydroxyl groups is 1. The minimum Gasteiger partial charge on any atom is -0.390 e. The second-order valence-corrected chi connectivity index (χ2v) is 3.36. The molecule has 0 unspecified atom stereocenters. The van der Waals surface area contributed by atoms with E-state index >= 15 is 0 Å². The lowest BCUT2D eigenvalue weighted by Gasteiger charge is -2.24. The molecule has 1 N–H and O–H groups in total. The van der Waals surface area contributed by atoms with E-state index in [0.717, 1.165) is 0 Å². The van der Waals surface area contributed by atoms with Crippen LogP contribution in [0.25, 0.3) is 0 Å². The fourth-order valence-corrected chi connectivity index (χ4v) is 0.946. The average molecular weight is 176 g/mol. The number of ether oxygens (including phenoxy) is 2. The van der Waals surface area contributed by atoms with Crippen LogP contribution in [0.15, 0.2) is 0 Å². The molecule has 0 aliphatic rings. The first-order valence-electron chi connectivity index (χ1n) is 4.45. The van der Waals surface area contributed by atoms with E-state index in [1.54, 1.807) is 13.8 Å². The van der Waals surface area contributed by atoms with Crippen LogP contribution in [0.4, 0.5) is 0 Å². The fraction of sp³-hybridized carbons (Fsp3) is 1.00. The van der Waals surface area contributed by atoms with Crippen molar-refractivity contribution in [1.29, 1.82) is 0 Å². The summed E-state index contributed by atoms with van der Waals surface area (Å²) in [6, 6.07) is 0. The van der Waals surface area contributed by atoms with Gasteiger partial charge < -0.3 is 14.6 Å². The molecule has 0 spiro atoms. The van der Waals surface area contributed by atoms with Gasteiger partial charge in [0.15, 0.2) is 6.29 Å². The van der Waals surface area contributed by atoms with Gasteiger partial charge in [0.1, 0.15) is 0 Å². The third kappa shape index (κ3) is 6.58. The maximum atomic E-state index is 9.48. The lowest BCUT2D eigenvalue weighted by atomic mass is 10.1. The third-order valence-electron chi connectivity index (χ3n) is 1.37. The quantitative estimate of drug-likeness (QED) is 0.624. The van der Waals surface area contributed by atoms with Gasteiger partial charge in [-0.25, -0.2) is 0 Å². The Kier molecular flexibility index (Phi) is 5.46. The van der Waals surface area contributed by atoms with E-state index in [9.17, 15) is 5.11 Å². The SMILES string of the molecule is CCOC(CC(C)(C)O)OCC. The molecule has 0 amide bonds. The summed E-state index contributed by atoms with van der Waals surface area (Å²) < 4.78 is 10.6. The van der Waals surface area contributed by atoms with Crippen molar-refractivity contribution >= 4 is 0 Å². The number of hydrogen-bond donors (Lipinski definition) is 1. The molecule has 0 bridgehead atoms. The number of rotatable bonds is 6. The molecular formula is C9H20O3. The molecule has 74 valence electrons. The lowest BCUT2D eigenvalue weighted by Crippen LogP contribution is -2.30. The molecule has 12 heavy (non-hydrogen) atoms. The predicted octanol–water partition coefficient (Wildman–Crippen LogP) is 1.55. The summed E-state index contributed by atoms with van der Waals surface area (Å²) in [4.78, 5) is 0. The Morgan fingerprint density at radius 3 is 1.83 bits per heavy atom. The molecule has 3 heteroatoms. The molecule has 0 aromatic carbocycles. The molecule has 0 atom stereocenters. The van der Waals surface area contributed by atoms with Crippen molar-refractivity contribution in [3.63, 3.8) is 0 Å². The van der Waals surface area contributed by atoms with Crippen LogP contribution in [0.3, 0.4) is 0 Å². The Labute approximate surface area is 74.7 Å². The van der Waals surface area contributed by atoms with Gasteiger partial charge in [0, 0.05) is 19.6 Å². The molecule has 0 rings (SSSR count). The summed E-state index contributed by atoms with van der Waals surface area (Å²) in [6.45, 7) is 8.55. The van der Waals surface area contributed by atoms with Gasteiger partial charge in [0.2, 0.25) is 0 Å². The van der Waals surface area contributed by atoms with Crippen LogP contribution in [-0.4, -0.2) is 30.2 Å². The van der Waals surface area contributed by atoms with Crippen LogP contribution in [-0.2, 0) is 9.47 Å². The Hall–Kier alpha value is -0.120. The highest BCUT2D eigenvalue weighted by Crippen LogP contribution is 2.14. The Morgan fingerprint density at radius 2 is 1.58 bits per heavy atom. The average Bonchev–Trinajstić information content (AvgIpc) is 1.84. The van der Waals surface area contributed by atoms with Crippen molar-refractivity contribution in [3.05, 3.63) is 0 Å². The van der Waals surface area contributed by atoms with Gasteiger partial charge in [-0.1, -0.05) is 0 Å². The maximum absolute atomic E-state index is 9.48. The first-order chi connectivity index (χ1) is 5.49. The highest BCUT2D eigenvalue weighted by Gasteiger charge is 2.20. The van der Waals surface area contributed by atoms with Crippen LogP contribution < -0.4 is 0 Å². The molecule has 0 aliphatic heterocycles. The van der Waals surface area contributed by atoms with Crippen molar-refractivity contribution in [2.75, 3.05) is 13.2 Å². The van der Waals surface area contributed by atoms with Crippen molar-refractivity contribution in [2.45, 2.75) is 46.0 Å². The molecular weight excluding hydrogens is 156 g/mol. The van der Waals surface area contributed by atoms with E-state index < -0.39 is 5.60 Å². The second kappa shape index (κ2) is 5.51. The Balaban J connectivity index is 3.77. The summed E-state index contributed by atoms with van der Waals surface area (Å²) >= 11 is 0. The van der Waals surface area contributed by atoms with E-state index in [1.165, 1.54) is 0 Å². The van der Waals surface area contributed by atoms with E-state index in [2.05, 4.69) is 0 Å². The van der Waals surface area contributed by atoms with Crippen LogP contribution in [0.2, 0.25) is 0 Å². The molecule has 0 fully saturated rings. The smallest absolute Gasteiger partial charge is 0.160 e. The largest absolute Gasteiger partial charge is 0.390 e. The molecule has 3 nitrogen and oxygen atoms in total. The van der Waals surface area contributed by atoms with E-state index in [0.29, 0.717) is 19.6 Å².